The highest BCUT2D eigenvalue weighted by atomic mass is 35.5. The minimum absolute atomic E-state index is 0.0388. The monoisotopic (exact) mass is 603 g/mol. The Bertz CT molecular complexity index is 1550. The molecule has 4 radical (unpaired) electrons. The number of carbonyl (C=O) groups excluding carboxylic acids is 3. The van der Waals surface area contributed by atoms with Crippen LogP contribution >= 0.6 is 11.6 Å². The number of nitrogens with one attached hydrogen (secondary N) is 3. The van der Waals surface area contributed by atoms with Crippen molar-refractivity contribution in [3.8, 4) is 0 Å². The summed E-state index contributed by atoms with van der Waals surface area (Å²) >= 11 is 6.73. The van der Waals surface area contributed by atoms with Gasteiger partial charge in [-0.25, -0.2) is 0 Å². The van der Waals surface area contributed by atoms with E-state index in [1.165, 1.54) is 10.9 Å². The third-order valence-corrected chi connectivity index (χ3v) is 14.0. The Hall–Kier alpha value is -3.26. The standard InChI is InChI=1S/C29H30ClN5O4Si2/c1-27(10-11-27)41(23-6-4-3-5-20(23)30)29(40,34-24(36)22-9-14-31-35(22)2)26(38)32-18-7-8-19-21(17-18)33-25(37)28(19)12-15-39-16-13-28/h3-9,14,17H,10-13,15-16H2,1-2H3,(H,32,38)(H,33,37)(H,34,36)/t29-/m1/s1. The largest absolute Gasteiger partial charge is 0.381 e. The SMILES string of the molecule is Cn1nccc1C(=O)N[C@@]([Si])(C(=O)Nc1ccc2c(c1)NC(=O)C21CCOCC1)[Si](c1ccccc1Cl)C1(C)CC1. The summed E-state index contributed by atoms with van der Waals surface area (Å²) < 4.78 is 6.98. The molecule has 1 spiro atoms. The zero-order valence-electron chi connectivity index (χ0n) is 22.8. The van der Waals surface area contributed by atoms with E-state index in [-0.39, 0.29) is 10.9 Å². The quantitative estimate of drug-likeness (QED) is 0.359. The molecule has 3 N–H and O–H groups in total. The first-order valence-corrected chi connectivity index (χ1v) is 16.0. The van der Waals surface area contributed by atoms with E-state index in [0.717, 1.165) is 23.6 Å². The molecule has 0 bridgehead atoms. The highest BCUT2D eigenvalue weighted by Crippen LogP contribution is 2.57. The summed E-state index contributed by atoms with van der Waals surface area (Å²) in [5.74, 6) is -0.892. The molecule has 12 heteroatoms. The van der Waals surface area contributed by atoms with Crippen molar-refractivity contribution >= 4 is 64.9 Å². The van der Waals surface area contributed by atoms with E-state index in [1.807, 2.05) is 36.4 Å². The lowest BCUT2D eigenvalue weighted by Gasteiger charge is -2.40. The van der Waals surface area contributed by atoms with Crippen LogP contribution in [0.2, 0.25) is 10.1 Å². The van der Waals surface area contributed by atoms with Gasteiger partial charge < -0.3 is 20.7 Å². The number of nitrogens with zero attached hydrogens (tertiary/aromatic N) is 2. The third-order valence-electron chi connectivity index (χ3n) is 8.64. The molecule has 3 amide bonds. The molecule has 0 unspecified atom stereocenters. The first-order chi connectivity index (χ1) is 19.6. The van der Waals surface area contributed by atoms with Crippen molar-refractivity contribution in [2.75, 3.05) is 23.8 Å². The molecule has 3 aliphatic rings. The van der Waals surface area contributed by atoms with Gasteiger partial charge in [-0.05, 0) is 65.7 Å². The molecule has 41 heavy (non-hydrogen) atoms. The smallest absolute Gasteiger partial charge is 0.269 e. The number of aryl methyl sites for hydroxylation is 1. The van der Waals surface area contributed by atoms with E-state index in [9.17, 15) is 14.4 Å². The molecule has 1 aromatic heterocycles. The van der Waals surface area contributed by atoms with E-state index in [2.05, 4.69) is 38.2 Å². The zero-order chi connectivity index (χ0) is 29.0. The Morgan fingerprint density at radius 2 is 1.88 bits per heavy atom. The highest BCUT2D eigenvalue weighted by Gasteiger charge is 2.59. The average Bonchev–Trinajstić information content (AvgIpc) is 3.43. The summed E-state index contributed by atoms with van der Waals surface area (Å²) in [6, 6.07) is 14.6. The van der Waals surface area contributed by atoms with Crippen LogP contribution in [-0.4, -0.2) is 64.5 Å². The Balaban J connectivity index is 1.37. The van der Waals surface area contributed by atoms with Gasteiger partial charge >= 0.3 is 0 Å². The van der Waals surface area contributed by atoms with Crippen LogP contribution in [0.4, 0.5) is 11.4 Å². The number of hydrogen-bond donors (Lipinski definition) is 3. The van der Waals surface area contributed by atoms with Gasteiger partial charge in [-0.15, -0.1) is 0 Å². The Morgan fingerprint density at radius 3 is 2.54 bits per heavy atom. The number of benzene rings is 2. The molecule has 2 fully saturated rings. The van der Waals surface area contributed by atoms with Crippen molar-refractivity contribution in [2.45, 2.75) is 47.8 Å². The summed E-state index contributed by atoms with van der Waals surface area (Å²) in [5, 5.41) is 14.4. The second-order valence-electron chi connectivity index (χ2n) is 11.3. The second-order valence-corrected chi connectivity index (χ2v) is 16.2. The molecule has 1 aliphatic carbocycles. The fourth-order valence-corrected chi connectivity index (χ4v) is 11.7. The van der Waals surface area contributed by atoms with E-state index < -0.39 is 30.8 Å². The van der Waals surface area contributed by atoms with Gasteiger partial charge in [-0.2, -0.15) is 5.10 Å². The van der Waals surface area contributed by atoms with Gasteiger partial charge in [0.25, 0.3) is 5.91 Å². The van der Waals surface area contributed by atoms with E-state index in [4.69, 9.17) is 16.3 Å². The summed E-state index contributed by atoms with van der Waals surface area (Å²) in [7, 11) is 3.61. The molecule has 210 valence electrons. The Labute approximate surface area is 248 Å². The first-order valence-electron chi connectivity index (χ1n) is 13.6. The van der Waals surface area contributed by atoms with Gasteiger partial charge in [0.05, 0.1) is 20.4 Å². The third kappa shape index (κ3) is 4.74. The maximum atomic E-state index is 14.4. The van der Waals surface area contributed by atoms with E-state index >= 15 is 0 Å². The first kappa shape index (κ1) is 27.9. The van der Waals surface area contributed by atoms with Crippen LogP contribution in [0.5, 0.6) is 0 Å². The number of halogens is 1. The lowest BCUT2D eigenvalue weighted by Crippen LogP contribution is -2.72. The van der Waals surface area contributed by atoms with Crippen LogP contribution in [0, 0.1) is 0 Å². The number of aromatic nitrogens is 2. The highest BCUT2D eigenvalue weighted by molar-refractivity contribution is 6.90. The van der Waals surface area contributed by atoms with Crippen molar-refractivity contribution in [2.24, 2.45) is 7.05 Å². The molecule has 3 aromatic rings. The van der Waals surface area contributed by atoms with Crippen molar-refractivity contribution in [1.29, 1.82) is 0 Å². The molecule has 1 saturated heterocycles. The van der Waals surface area contributed by atoms with Gasteiger partial charge in [0.1, 0.15) is 14.5 Å². The fourth-order valence-electron chi connectivity index (χ4n) is 6.09. The summed E-state index contributed by atoms with van der Waals surface area (Å²) in [4.78, 5) is 39.5. The van der Waals surface area contributed by atoms with Crippen LogP contribution in [0.1, 0.15) is 48.7 Å². The maximum Gasteiger partial charge on any atom is 0.269 e. The number of rotatable bonds is 7. The lowest BCUT2D eigenvalue weighted by molar-refractivity contribution is -0.124. The minimum Gasteiger partial charge on any atom is -0.381 e. The number of ether oxygens (including phenoxy) is 1. The lowest BCUT2D eigenvalue weighted by atomic mass is 9.75. The second kappa shape index (κ2) is 10.2. The molecule has 2 aliphatic heterocycles. The number of fused-ring (bicyclic) bond motifs is 2. The fraction of sp³-hybridized carbons (Fsp3) is 0.379. The van der Waals surface area contributed by atoms with Crippen LogP contribution in [-0.2, 0) is 26.8 Å². The van der Waals surface area contributed by atoms with Crippen LogP contribution < -0.4 is 21.1 Å². The van der Waals surface area contributed by atoms with Gasteiger partial charge in [-0.3, -0.25) is 19.1 Å². The van der Waals surface area contributed by atoms with E-state index in [0.29, 0.717) is 48.1 Å². The van der Waals surface area contributed by atoms with Crippen LogP contribution in [0.3, 0.4) is 0 Å². The van der Waals surface area contributed by atoms with Crippen molar-refractivity contribution in [1.82, 2.24) is 15.1 Å². The van der Waals surface area contributed by atoms with Gasteiger partial charge in [0, 0.05) is 42.9 Å². The molecular formula is C29H30ClN5O4Si2. The van der Waals surface area contributed by atoms with Gasteiger partial charge in [0.2, 0.25) is 11.8 Å². The molecule has 3 heterocycles. The van der Waals surface area contributed by atoms with Gasteiger partial charge in [0.15, 0.2) is 0 Å². The summed E-state index contributed by atoms with van der Waals surface area (Å²) in [6.45, 7) is 3.19. The molecule has 1 atom stereocenters. The van der Waals surface area contributed by atoms with Crippen molar-refractivity contribution in [3.05, 3.63) is 71.0 Å². The predicted octanol–water partition coefficient (Wildman–Crippen LogP) is 2.80. The number of anilines is 2. The maximum absolute atomic E-state index is 14.4. The normalized spacial score (nSPS) is 19.8. The van der Waals surface area contributed by atoms with Gasteiger partial charge in [-0.1, -0.05) is 42.8 Å². The molecule has 9 nitrogen and oxygen atoms in total. The zero-order valence-corrected chi connectivity index (χ0v) is 25.6. The van der Waals surface area contributed by atoms with Crippen LogP contribution in [0.15, 0.2) is 54.7 Å². The molecule has 6 rings (SSSR count). The number of carbonyl (C=O) groups is 3. The van der Waals surface area contributed by atoms with Crippen molar-refractivity contribution < 1.29 is 19.1 Å². The minimum atomic E-state index is -1.93. The van der Waals surface area contributed by atoms with Crippen LogP contribution in [0.25, 0.3) is 0 Å². The molecule has 1 saturated carbocycles. The Morgan fingerprint density at radius 1 is 1.15 bits per heavy atom. The average molecular weight is 604 g/mol. The number of hydrogen-bond acceptors (Lipinski definition) is 5. The predicted molar refractivity (Wildman–Crippen MR) is 159 cm³/mol. The number of amides is 3. The van der Waals surface area contributed by atoms with Crippen molar-refractivity contribution in [3.63, 3.8) is 0 Å². The molecular weight excluding hydrogens is 574 g/mol. The molecule has 2 aromatic carbocycles. The topological polar surface area (TPSA) is 114 Å². The summed E-state index contributed by atoms with van der Waals surface area (Å²) in [6.07, 6.45) is 4.58. The van der Waals surface area contributed by atoms with E-state index in [1.54, 1.807) is 19.2 Å². The Kier molecular flexibility index (Phi) is 6.96. The summed E-state index contributed by atoms with van der Waals surface area (Å²) in [5.41, 5.74) is 1.83.